The van der Waals surface area contributed by atoms with Crippen LogP contribution in [0, 0.1) is 5.82 Å². The molecule has 9 heteroatoms. The Morgan fingerprint density at radius 1 is 1.46 bits per heavy atom. The zero-order valence-electron chi connectivity index (χ0n) is 14.7. The van der Waals surface area contributed by atoms with Gasteiger partial charge in [-0.05, 0) is 30.5 Å². The van der Waals surface area contributed by atoms with E-state index in [1.165, 1.54) is 22.8 Å². The molecule has 3 atom stereocenters. The highest BCUT2D eigenvalue weighted by Crippen LogP contribution is 2.30. The normalized spacial score (nSPS) is 26.3. The van der Waals surface area contributed by atoms with Crippen molar-refractivity contribution in [3.63, 3.8) is 0 Å². The third-order valence-corrected chi connectivity index (χ3v) is 5.98. The van der Waals surface area contributed by atoms with Crippen LogP contribution in [-0.4, -0.2) is 53.2 Å². The summed E-state index contributed by atoms with van der Waals surface area (Å²) in [6, 6.07) is 4.66. The maximum atomic E-state index is 14.7. The summed E-state index contributed by atoms with van der Waals surface area (Å²) in [5.41, 5.74) is 0.936. The third-order valence-electron chi connectivity index (χ3n) is 4.83. The molecule has 2 fully saturated rings. The Hall–Kier alpha value is -2.00. The van der Waals surface area contributed by atoms with Crippen LogP contribution < -0.4 is 9.62 Å². The van der Waals surface area contributed by atoms with Gasteiger partial charge in [-0.3, -0.25) is 9.69 Å². The first-order chi connectivity index (χ1) is 12.4. The molecule has 142 valence electrons. The van der Waals surface area contributed by atoms with Gasteiger partial charge in [0.05, 0.1) is 23.2 Å². The lowest BCUT2D eigenvalue weighted by molar-refractivity contribution is -0.134. The average molecular weight is 383 g/mol. The Bertz CT molecular complexity index is 745. The molecule has 3 rings (SSSR count). The Kier molecular flexibility index (Phi) is 5.57. The molecule has 0 radical (unpaired) electrons. The van der Waals surface area contributed by atoms with E-state index in [0.29, 0.717) is 23.5 Å². The van der Waals surface area contributed by atoms with Gasteiger partial charge >= 0.3 is 6.09 Å². The quantitative estimate of drug-likeness (QED) is 0.862. The van der Waals surface area contributed by atoms with E-state index >= 15 is 0 Å². The SMILES string of the molecule is CC(=O)N(C)C1CN(c2ccc(C3CCCS(=O)NC3)c(F)c2)C(=O)O1. The van der Waals surface area contributed by atoms with Crippen molar-refractivity contribution in [1.82, 2.24) is 9.62 Å². The first-order valence-electron chi connectivity index (χ1n) is 8.49. The van der Waals surface area contributed by atoms with Crippen LogP contribution >= 0.6 is 0 Å². The van der Waals surface area contributed by atoms with Gasteiger partial charge in [0.15, 0.2) is 6.23 Å². The lowest BCUT2D eigenvalue weighted by Crippen LogP contribution is -2.38. The number of hydrogen-bond donors (Lipinski definition) is 1. The number of rotatable bonds is 3. The first kappa shape index (κ1) is 18.8. The van der Waals surface area contributed by atoms with Gasteiger partial charge in [-0.25, -0.2) is 18.1 Å². The fourth-order valence-corrected chi connectivity index (χ4v) is 4.13. The molecule has 0 aliphatic carbocycles. The van der Waals surface area contributed by atoms with E-state index < -0.39 is 29.1 Å². The molecule has 2 aliphatic heterocycles. The second-order valence-electron chi connectivity index (χ2n) is 6.52. The Morgan fingerprint density at radius 3 is 2.92 bits per heavy atom. The van der Waals surface area contributed by atoms with Crippen LogP contribution in [0.5, 0.6) is 0 Å². The van der Waals surface area contributed by atoms with Crippen molar-refractivity contribution in [2.75, 3.05) is 30.8 Å². The summed E-state index contributed by atoms with van der Waals surface area (Å²) in [6.07, 6.45) is 0.223. The molecule has 0 aromatic heterocycles. The monoisotopic (exact) mass is 383 g/mol. The maximum absolute atomic E-state index is 14.7. The number of ether oxygens (including phenoxy) is 1. The summed E-state index contributed by atoms with van der Waals surface area (Å²) in [5.74, 6) is -0.110. The maximum Gasteiger partial charge on any atom is 0.416 e. The molecule has 26 heavy (non-hydrogen) atoms. The first-order valence-corrected chi connectivity index (χ1v) is 9.81. The van der Waals surface area contributed by atoms with E-state index in [-0.39, 0.29) is 18.4 Å². The van der Waals surface area contributed by atoms with Gasteiger partial charge < -0.3 is 9.64 Å². The van der Waals surface area contributed by atoms with Crippen molar-refractivity contribution < 1.29 is 22.9 Å². The number of nitrogens with one attached hydrogen (secondary N) is 1. The standard InChI is InChI=1S/C17H22FN3O4S/c1-11(22)20(2)16-10-21(17(23)25-16)13-5-6-14(15(18)8-13)12-4-3-7-26(24)19-9-12/h5-6,8,12,16,19H,3-4,7,9-10H2,1-2H3. The van der Waals surface area contributed by atoms with E-state index in [4.69, 9.17) is 4.74 Å². The molecule has 2 heterocycles. The summed E-state index contributed by atoms with van der Waals surface area (Å²) in [4.78, 5) is 26.2. The number of likely N-dealkylation sites (N-methyl/N-ethyl adjacent to an activating group) is 1. The molecule has 1 N–H and O–H groups in total. The molecule has 0 bridgehead atoms. The lowest BCUT2D eigenvalue weighted by atomic mass is 9.94. The molecule has 3 unspecified atom stereocenters. The van der Waals surface area contributed by atoms with E-state index in [9.17, 15) is 18.2 Å². The topological polar surface area (TPSA) is 79.0 Å². The second kappa shape index (κ2) is 7.71. The number of carbonyl (C=O) groups excluding carboxylic acids is 2. The fourth-order valence-electron chi connectivity index (χ4n) is 3.17. The van der Waals surface area contributed by atoms with Gasteiger partial charge in [0.2, 0.25) is 5.91 Å². The molecule has 0 saturated carbocycles. The number of halogens is 1. The van der Waals surface area contributed by atoms with Crippen molar-refractivity contribution in [1.29, 1.82) is 0 Å². The zero-order chi connectivity index (χ0) is 18.8. The number of cyclic esters (lactones) is 1. The van der Waals surface area contributed by atoms with Crippen molar-refractivity contribution in [3.8, 4) is 0 Å². The molecule has 7 nitrogen and oxygen atoms in total. The number of nitrogens with zero attached hydrogens (tertiary/aromatic N) is 2. The number of benzene rings is 1. The molecular formula is C17H22FN3O4S. The van der Waals surface area contributed by atoms with Crippen molar-refractivity contribution >= 4 is 28.7 Å². The number of amides is 2. The smallest absolute Gasteiger partial charge is 0.416 e. The number of anilines is 1. The van der Waals surface area contributed by atoms with Crippen LogP contribution in [0.2, 0.25) is 0 Å². The molecule has 1 aromatic rings. The van der Waals surface area contributed by atoms with Gasteiger partial charge in [-0.2, -0.15) is 0 Å². The summed E-state index contributed by atoms with van der Waals surface area (Å²) < 4.78 is 34.3. The highest BCUT2D eigenvalue weighted by Gasteiger charge is 2.36. The Labute approximate surface area is 154 Å². The van der Waals surface area contributed by atoms with Gasteiger partial charge in [0, 0.05) is 32.2 Å². The summed E-state index contributed by atoms with van der Waals surface area (Å²) in [6.45, 7) is 2.00. The summed E-state index contributed by atoms with van der Waals surface area (Å²) >= 11 is 0. The molecular weight excluding hydrogens is 361 g/mol. The minimum atomic E-state index is -1.06. The summed E-state index contributed by atoms with van der Waals surface area (Å²) in [5, 5.41) is 0. The van der Waals surface area contributed by atoms with Crippen molar-refractivity contribution in [3.05, 3.63) is 29.6 Å². The van der Waals surface area contributed by atoms with E-state index in [1.54, 1.807) is 19.2 Å². The van der Waals surface area contributed by atoms with Crippen LogP contribution in [0.25, 0.3) is 0 Å². The molecule has 2 saturated heterocycles. The van der Waals surface area contributed by atoms with E-state index in [2.05, 4.69) is 4.72 Å². The minimum Gasteiger partial charge on any atom is -0.423 e. The predicted octanol–water partition coefficient (Wildman–Crippen LogP) is 1.72. The summed E-state index contributed by atoms with van der Waals surface area (Å²) in [7, 11) is 0.496. The Morgan fingerprint density at radius 2 is 2.23 bits per heavy atom. The van der Waals surface area contributed by atoms with Crippen LogP contribution in [-0.2, 0) is 20.5 Å². The number of carbonyl (C=O) groups is 2. The predicted molar refractivity (Wildman–Crippen MR) is 95.4 cm³/mol. The van der Waals surface area contributed by atoms with E-state index in [1.807, 2.05) is 0 Å². The van der Waals surface area contributed by atoms with Gasteiger partial charge in [0.1, 0.15) is 5.82 Å². The van der Waals surface area contributed by atoms with Gasteiger partial charge in [-0.15, -0.1) is 0 Å². The van der Waals surface area contributed by atoms with Crippen LogP contribution in [0.15, 0.2) is 18.2 Å². The molecule has 0 spiro atoms. The molecule has 1 aromatic carbocycles. The number of hydrogen-bond acceptors (Lipinski definition) is 4. The van der Waals surface area contributed by atoms with Crippen LogP contribution in [0.4, 0.5) is 14.9 Å². The van der Waals surface area contributed by atoms with Gasteiger partial charge in [-0.1, -0.05) is 6.07 Å². The molecule has 2 amide bonds. The third kappa shape index (κ3) is 3.88. The second-order valence-corrected chi connectivity index (χ2v) is 7.91. The Balaban J connectivity index is 1.76. The fraction of sp³-hybridized carbons (Fsp3) is 0.529. The van der Waals surface area contributed by atoms with Crippen LogP contribution in [0.1, 0.15) is 31.2 Å². The largest absolute Gasteiger partial charge is 0.423 e. The average Bonchev–Trinajstić information content (AvgIpc) is 2.85. The van der Waals surface area contributed by atoms with Crippen molar-refractivity contribution in [2.45, 2.75) is 31.9 Å². The van der Waals surface area contributed by atoms with E-state index in [0.717, 1.165) is 12.8 Å². The minimum absolute atomic E-state index is 0.0578. The van der Waals surface area contributed by atoms with Gasteiger partial charge in [0.25, 0.3) is 0 Å². The lowest BCUT2D eigenvalue weighted by Gasteiger charge is -2.21. The zero-order valence-corrected chi connectivity index (χ0v) is 15.6. The molecule has 2 aliphatic rings. The highest BCUT2D eigenvalue weighted by atomic mass is 32.2. The van der Waals surface area contributed by atoms with Crippen molar-refractivity contribution in [2.24, 2.45) is 0 Å². The highest BCUT2D eigenvalue weighted by molar-refractivity contribution is 7.83. The van der Waals surface area contributed by atoms with Crippen LogP contribution in [0.3, 0.4) is 0 Å².